The highest BCUT2D eigenvalue weighted by Gasteiger charge is 2.21. The lowest BCUT2D eigenvalue weighted by molar-refractivity contribution is 0.327. The van der Waals surface area contributed by atoms with Crippen LogP contribution in [0.5, 0.6) is 0 Å². The van der Waals surface area contributed by atoms with E-state index in [-0.39, 0.29) is 0 Å². The summed E-state index contributed by atoms with van der Waals surface area (Å²) in [5, 5.41) is 3.43. The third-order valence-corrected chi connectivity index (χ3v) is 3.94. The van der Waals surface area contributed by atoms with Gasteiger partial charge in [0.05, 0.1) is 12.7 Å². The largest absolute Gasteiger partial charge is 0.444 e. The molecule has 0 atom stereocenters. The molecule has 0 amide bonds. The zero-order chi connectivity index (χ0) is 11.5. The Balaban J connectivity index is 1.48. The maximum Gasteiger partial charge on any atom is 0.208 e. The Bertz CT molecular complexity index is 351. The quantitative estimate of drug-likeness (QED) is 0.851. The number of hydrogen-bond acceptors (Lipinski definition) is 3. The van der Waals surface area contributed by atoms with Crippen LogP contribution in [-0.2, 0) is 13.0 Å². The van der Waals surface area contributed by atoms with Gasteiger partial charge in [-0.25, -0.2) is 4.98 Å². The predicted molar refractivity (Wildman–Crippen MR) is 66.6 cm³/mol. The second-order valence-electron chi connectivity index (χ2n) is 5.58. The highest BCUT2D eigenvalue weighted by molar-refractivity contribution is 4.97. The Morgan fingerprint density at radius 2 is 2.00 bits per heavy atom. The highest BCUT2D eigenvalue weighted by atomic mass is 16.4. The van der Waals surface area contributed by atoms with Gasteiger partial charge in [0.1, 0.15) is 5.76 Å². The molecule has 0 aliphatic heterocycles. The minimum Gasteiger partial charge on any atom is -0.444 e. The summed E-state index contributed by atoms with van der Waals surface area (Å²) in [6.45, 7) is 0.801. The fourth-order valence-electron chi connectivity index (χ4n) is 2.72. The zero-order valence-corrected chi connectivity index (χ0v) is 10.5. The van der Waals surface area contributed by atoms with E-state index in [0.717, 1.165) is 36.6 Å². The fourth-order valence-corrected chi connectivity index (χ4v) is 2.72. The first-order valence-electron chi connectivity index (χ1n) is 7.07. The van der Waals surface area contributed by atoms with Gasteiger partial charge >= 0.3 is 0 Å². The molecule has 94 valence electrons. The first-order valence-corrected chi connectivity index (χ1v) is 7.07. The first-order chi connectivity index (χ1) is 8.40. The van der Waals surface area contributed by atoms with Gasteiger partial charge in [-0.15, -0.1) is 0 Å². The van der Waals surface area contributed by atoms with Crippen molar-refractivity contribution in [2.75, 3.05) is 0 Å². The molecular weight excluding hydrogens is 212 g/mol. The van der Waals surface area contributed by atoms with Crippen molar-refractivity contribution in [3.63, 3.8) is 0 Å². The molecule has 3 heteroatoms. The smallest absolute Gasteiger partial charge is 0.208 e. The van der Waals surface area contributed by atoms with E-state index in [1.165, 1.54) is 44.9 Å². The third-order valence-electron chi connectivity index (χ3n) is 3.94. The van der Waals surface area contributed by atoms with Crippen LogP contribution >= 0.6 is 0 Å². The zero-order valence-electron chi connectivity index (χ0n) is 10.5. The highest BCUT2D eigenvalue weighted by Crippen LogP contribution is 2.27. The molecule has 2 aliphatic carbocycles. The van der Waals surface area contributed by atoms with Crippen molar-refractivity contribution in [1.82, 2.24) is 10.3 Å². The topological polar surface area (TPSA) is 38.1 Å². The van der Waals surface area contributed by atoms with E-state index < -0.39 is 0 Å². The van der Waals surface area contributed by atoms with Crippen molar-refractivity contribution in [2.24, 2.45) is 5.92 Å². The van der Waals surface area contributed by atoms with Crippen LogP contribution in [0.3, 0.4) is 0 Å². The van der Waals surface area contributed by atoms with Crippen molar-refractivity contribution < 1.29 is 4.42 Å². The molecule has 0 unspecified atom stereocenters. The summed E-state index contributed by atoms with van der Waals surface area (Å²) in [5.41, 5.74) is 0. The molecule has 1 aromatic heterocycles. The molecule has 2 fully saturated rings. The van der Waals surface area contributed by atoms with Gasteiger partial charge in [0.25, 0.3) is 0 Å². The van der Waals surface area contributed by atoms with Crippen LogP contribution in [0.2, 0.25) is 0 Å². The number of aromatic nitrogens is 1. The predicted octanol–water partition coefficient (Wildman–Crippen LogP) is 3.05. The van der Waals surface area contributed by atoms with Crippen molar-refractivity contribution >= 4 is 0 Å². The summed E-state index contributed by atoms with van der Waals surface area (Å²) >= 11 is 0. The molecule has 0 spiro atoms. The monoisotopic (exact) mass is 234 g/mol. The molecular formula is C14H22N2O. The van der Waals surface area contributed by atoms with Crippen LogP contribution in [0.4, 0.5) is 0 Å². The normalized spacial score (nSPS) is 21.9. The number of rotatable bonds is 5. The number of oxazole rings is 1. The maximum atomic E-state index is 5.79. The average molecular weight is 234 g/mol. The SMILES string of the molecule is c1nc(CNC2CC2)oc1CC1CCCCC1. The summed E-state index contributed by atoms with van der Waals surface area (Å²) in [6.07, 6.45) is 12.6. The van der Waals surface area contributed by atoms with E-state index in [9.17, 15) is 0 Å². The van der Waals surface area contributed by atoms with E-state index in [1.54, 1.807) is 0 Å². The van der Waals surface area contributed by atoms with Crippen LogP contribution < -0.4 is 5.32 Å². The van der Waals surface area contributed by atoms with Crippen molar-refractivity contribution in [3.8, 4) is 0 Å². The molecule has 2 saturated carbocycles. The second-order valence-corrected chi connectivity index (χ2v) is 5.58. The van der Waals surface area contributed by atoms with Gasteiger partial charge in [-0.3, -0.25) is 0 Å². The second kappa shape index (κ2) is 5.21. The van der Waals surface area contributed by atoms with Crippen LogP contribution in [0.1, 0.15) is 56.6 Å². The molecule has 1 N–H and O–H groups in total. The summed E-state index contributed by atoms with van der Waals surface area (Å²) in [5.74, 6) is 2.79. The molecule has 2 aliphatic rings. The summed E-state index contributed by atoms with van der Waals surface area (Å²) in [4.78, 5) is 4.35. The summed E-state index contributed by atoms with van der Waals surface area (Å²) in [7, 11) is 0. The van der Waals surface area contributed by atoms with Crippen molar-refractivity contribution in [1.29, 1.82) is 0 Å². The van der Waals surface area contributed by atoms with E-state index in [4.69, 9.17) is 4.42 Å². The molecule has 1 heterocycles. The van der Waals surface area contributed by atoms with E-state index in [0.29, 0.717) is 0 Å². The Labute approximate surface area is 103 Å². The van der Waals surface area contributed by atoms with Gasteiger partial charge in [-0.05, 0) is 18.8 Å². The van der Waals surface area contributed by atoms with Crippen LogP contribution in [0.25, 0.3) is 0 Å². The maximum absolute atomic E-state index is 5.79. The molecule has 17 heavy (non-hydrogen) atoms. The standard InChI is InChI=1S/C14H22N2O/c1-2-4-11(5-3-1)8-13-9-16-14(17-13)10-15-12-6-7-12/h9,11-12,15H,1-8,10H2. The van der Waals surface area contributed by atoms with Gasteiger partial charge in [-0.1, -0.05) is 32.1 Å². The molecule has 0 aromatic carbocycles. The van der Waals surface area contributed by atoms with Crippen molar-refractivity contribution in [2.45, 2.75) is 64.0 Å². The molecule has 0 saturated heterocycles. The molecule has 0 radical (unpaired) electrons. The molecule has 3 nitrogen and oxygen atoms in total. The lowest BCUT2D eigenvalue weighted by Gasteiger charge is -2.19. The Hall–Kier alpha value is -0.830. The number of nitrogens with one attached hydrogen (secondary N) is 1. The summed E-state index contributed by atoms with van der Waals surface area (Å²) < 4.78 is 5.79. The fraction of sp³-hybridized carbons (Fsp3) is 0.786. The third kappa shape index (κ3) is 3.32. The Morgan fingerprint density at radius 1 is 1.18 bits per heavy atom. The van der Waals surface area contributed by atoms with Crippen molar-refractivity contribution in [3.05, 3.63) is 17.8 Å². The van der Waals surface area contributed by atoms with E-state index >= 15 is 0 Å². The van der Waals surface area contributed by atoms with Gasteiger partial charge < -0.3 is 9.73 Å². The first kappa shape index (κ1) is 11.3. The Kier molecular flexibility index (Phi) is 3.46. The average Bonchev–Trinajstić information content (AvgIpc) is 3.09. The summed E-state index contributed by atoms with van der Waals surface area (Å²) in [6, 6.07) is 0.726. The van der Waals surface area contributed by atoms with Gasteiger partial charge in [0.2, 0.25) is 5.89 Å². The minimum atomic E-state index is 0.726. The lowest BCUT2D eigenvalue weighted by Crippen LogP contribution is -2.15. The Morgan fingerprint density at radius 3 is 2.76 bits per heavy atom. The van der Waals surface area contributed by atoms with Crippen LogP contribution in [0, 0.1) is 5.92 Å². The molecule has 1 aromatic rings. The molecule has 3 rings (SSSR count). The minimum absolute atomic E-state index is 0.726. The number of hydrogen-bond donors (Lipinski definition) is 1. The van der Waals surface area contributed by atoms with Gasteiger partial charge in [0, 0.05) is 12.5 Å². The van der Waals surface area contributed by atoms with E-state index in [1.807, 2.05) is 6.20 Å². The number of nitrogens with zero attached hydrogens (tertiary/aromatic N) is 1. The van der Waals surface area contributed by atoms with Crippen LogP contribution in [0.15, 0.2) is 10.6 Å². The van der Waals surface area contributed by atoms with Gasteiger partial charge in [0.15, 0.2) is 0 Å². The molecule has 0 bridgehead atoms. The van der Waals surface area contributed by atoms with Crippen LogP contribution in [-0.4, -0.2) is 11.0 Å². The van der Waals surface area contributed by atoms with Gasteiger partial charge in [-0.2, -0.15) is 0 Å². The van der Waals surface area contributed by atoms with E-state index in [2.05, 4.69) is 10.3 Å². The lowest BCUT2D eigenvalue weighted by atomic mass is 9.86.